The van der Waals surface area contributed by atoms with Crippen molar-refractivity contribution in [2.24, 2.45) is 0 Å². The molecule has 88 valence electrons. The summed E-state index contributed by atoms with van der Waals surface area (Å²) >= 11 is 0. The smallest absolute Gasteiger partial charge is 0.220 e. The zero-order valence-electron chi connectivity index (χ0n) is 9.92. The van der Waals surface area contributed by atoms with Gasteiger partial charge in [0.25, 0.3) is 0 Å². The molecular formula is C12H19N3O. The maximum Gasteiger partial charge on any atom is 0.220 e. The molecule has 2 N–H and O–H groups in total. The molecule has 1 heterocycles. The van der Waals surface area contributed by atoms with Crippen molar-refractivity contribution in [1.82, 2.24) is 15.3 Å². The van der Waals surface area contributed by atoms with Gasteiger partial charge in [-0.05, 0) is 13.3 Å². The van der Waals surface area contributed by atoms with Crippen LogP contribution in [0.25, 0.3) is 0 Å². The third-order valence-electron chi connectivity index (χ3n) is 2.39. The van der Waals surface area contributed by atoms with E-state index in [1.165, 1.54) is 0 Å². The van der Waals surface area contributed by atoms with Crippen molar-refractivity contribution in [3.05, 3.63) is 30.4 Å². The number of carbonyl (C=O) groups excluding carboxylic acids is 1. The molecular weight excluding hydrogens is 202 g/mol. The third-order valence-corrected chi connectivity index (χ3v) is 2.39. The van der Waals surface area contributed by atoms with Gasteiger partial charge in [0, 0.05) is 24.7 Å². The number of hydrogen-bond acceptors (Lipinski definition) is 2. The van der Waals surface area contributed by atoms with Crippen molar-refractivity contribution in [3.63, 3.8) is 0 Å². The van der Waals surface area contributed by atoms with Crippen LogP contribution in [0.15, 0.2) is 24.7 Å². The van der Waals surface area contributed by atoms with Gasteiger partial charge in [-0.2, -0.15) is 0 Å². The second-order valence-corrected chi connectivity index (χ2v) is 4.00. The average Bonchev–Trinajstić information content (AvgIpc) is 2.69. The van der Waals surface area contributed by atoms with Gasteiger partial charge >= 0.3 is 0 Å². The molecule has 1 atom stereocenters. The van der Waals surface area contributed by atoms with Gasteiger partial charge in [0.05, 0.1) is 12.4 Å². The van der Waals surface area contributed by atoms with Gasteiger partial charge < -0.3 is 10.3 Å². The minimum absolute atomic E-state index is 0.0144. The molecule has 0 aromatic carbocycles. The van der Waals surface area contributed by atoms with Gasteiger partial charge in [0.15, 0.2) is 0 Å². The largest absolute Gasteiger partial charge is 0.349 e. The second-order valence-electron chi connectivity index (χ2n) is 4.00. The molecule has 0 aliphatic rings. The van der Waals surface area contributed by atoms with Gasteiger partial charge in [0.2, 0.25) is 5.91 Å². The van der Waals surface area contributed by atoms with E-state index < -0.39 is 0 Å². The zero-order chi connectivity index (χ0) is 12.0. The van der Waals surface area contributed by atoms with Gasteiger partial charge in [-0.1, -0.05) is 19.1 Å². The van der Waals surface area contributed by atoms with Crippen LogP contribution in [-0.2, 0) is 11.2 Å². The van der Waals surface area contributed by atoms with Crippen LogP contribution in [0.2, 0.25) is 0 Å². The molecule has 0 bridgehead atoms. The van der Waals surface area contributed by atoms with Crippen molar-refractivity contribution in [2.45, 2.75) is 39.2 Å². The first-order valence-electron chi connectivity index (χ1n) is 5.55. The Morgan fingerprint density at radius 3 is 2.94 bits per heavy atom. The Labute approximate surface area is 96.2 Å². The highest BCUT2D eigenvalue weighted by molar-refractivity contribution is 5.76. The van der Waals surface area contributed by atoms with Crippen molar-refractivity contribution >= 4 is 5.91 Å². The van der Waals surface area contributed by atoms with Crippen molar-refractivity contribution in [3.8, 4) is 0 Å². The van der Waals surface area contributed by atoms with Crippen molar-refractivity contribution in [2.75, 3.05) is 0 Å². The molecule has 0 aliphatic heterocycles. The number of imidazole rings is 1. The summed E-state index contributed by atoms with van der Waals surface area (Å²) in [5, 5.41) is 2.97. The fourth-order valence-electron chi connectivity index (χ4n) is 1.46. The van der Waals surface area contributed by atoms with Gasteiger partial charge in [-0.15, -0.1) is 0 Å². The Balaban J connectivity index is 2.54. The first kappa shape index (κ1) is 12.5. The van der Waals surface area contributed by atoms with E-state index in [9.17, 15) is 4.79 Å². The van der Waals surface area contributed by atoms with Crippen LogP contribution in [0.3, 0.4) is 0 Å². The molecule has 0 saturated carbocycles. The van der Waals surface area contributed by atoms with E-state index in [2.05, 4.69) is 21.9 Å². The van der Waals surface area contributed by atoms with E-state index in [-0.39, 0.29) is 11.9 Å². The van der Waals surface area contributed by atoms with Gasteiger partial charge in [-0.25, -0.2) is 4.98 Å². The monoisotopic (exact) mass is 221 g/mol. The SMILES string of the molecule is C=C(C)C(Cc1cnc[nH]1)NC(=O)CCC. The van der Waals surface area contributed by atoms with Crippen LogP contribution in [-0.4, -0.2) is 21.9 Å². The predicted octanol–water partition coefficient (Wildman–Crippen LogP) is 1.81. The summed E-state index contributed by atoms with van der Waals surface area (Å²) in [5.41, 5.74) is 1.96. The lowest BCUT2D eigenvalue weighted by atomic mass is 10.1. The molecule has 0 radical (unpaired) electrons. The molecule has 16 heavy (non-hydrogen) atoms. The number of nitrogens with zero attached hydrogens (tertiary/aromatic N) is 1. The number of rotatable bonds is 6. The fourth-order valence-corrected chi connectivity index (χ4v) is 1.46. The normalized spacial score (nSPS) is 12.1. The highest BCUT2D eigenvalue weighted by atomic mass is 16.1. The number of hydrogen-bond donors (Lipinski definition) is 2. The number of aromatic nitrogens is 2. The molecule has 1 unspecified atom stereocenters. The minimum Gasteiger partial charge on any atom is -0.349 e. The van der Waals surface area contributed by atoms with Crippen LogP contribution in [0.4, 0.5) is 0 Å². The lowest BCUT2D eigenvalue weighted by Crippen LogP contribution is -2.37. The number of carbonyl (C=O) groups is 1. The second kappa shape index (κ2) is 6.10. The molecule has 0 spiro atoms. The summed E-state index contributed by atoms with van der Waals surface area (Å²) in [6, 6.07) is -0.0144. The molecule has 0 aliphatic carbocycles. The number of nitrogens with one attached hydrogen (secondary N) is 2. The average molecular weight is 221 g/mol. The number of amides is 1. The Morgan fingerprint density at radius 1 is 1.69 bits per heavy atom. The maximum absolute atomic E-state index is 11.5. The summed E-state index contributed by atoms with van der Waals surface area (Å²) < 4.78 is 0. The molecule has 4 heteroatoms. The Morgan fingerprint density at radius 2 is 2.44 bits per heavy atom. The van der Waals surface area contributed by atoms with E-state index in [1.54, 1.807) is 12.5 Å². The topological polar surface area (TPSA) is 57.8 Å². The highest BCUT2D eigenvalue weighted by Crippen LogP contribution is 2.06. The lowest BCUT2D eigenvalue weighted by molar-refractivity contribution is -0.121. The Kier molecular flexibility index (Phi) is 4.76. The Bertz CT molecular complexity index is 343. The van der Waals surface area contributed by atoms with Gasteiger partial charge in [0.1, 0.15) is 0 Å². The molecule has 4 nitrogen and oxygen atoms in total. The maximum atomic E-state index is 11.5. The van der Waals surface area contributed by atoms with E-state index in [1.807, 2.05) is 13.8 Å². The Hall–Kier alpha value is -1.58. The van der Waals surface area contributed by atoms with E-state index >= 15 is 0 Å². The summed E-state index contributed by atoms with van der Waals surface area (Å²) in [5.74, 6) is 0.0787. The molecule has 1 aromatic rings. The standard InChI is InChI=1S/C12H19N3O/c1-4-5-12(16)15-11(9(2)3)6-10-7-13-8-14-10/h7-8,11H,2,4-6H2,1,3H3,(H,13,14)(H,15,16). The van der Waals surface area contributed by atoms with Crippen LogP contribution < -0.4 is 5.32 Å². The van der Waals surface area contributed by atoms with Crippen LogP contribution in [0, 0.1) is 0 Å². The summed E-state index contributed by atoms with van der Waals surface area (Å²) in [6.07, 6.45) is 5.54. The quantitative estimate of drug-likeness (QED) is 0.720. The van der Waals surface area contributed by atoms with Crippen LogP contribution in [0.5, 0.6) is 0 Å². The summed E-state index contributed by atoms with van der Waals surface area (Å²) in [7, 11) is 0. The van der Waals surface area contributed by atoms with Crippen LogP contribution >= 0.6 is 0 Å². The molecule has 1 aromatic heterocycles. The zero-order valence-corrected chi connectivity index (χ0v) is 9.92. The molecule has 1 amide bonds. The van der Waals surface area contributed by atoms with E-state index in [4.69, 9.17) is 0 Å². The van der Waals surface area contributed by atoms with Gasteiger partial charge in [-0.3, -0.25) is 4.79 Å². The highest BCUT2D eigenvalue weighted by Gasteiger charge is 2.13. The summed E-state index contributed by atoms with van der Waals surface area (Å²) in [4.78, 5) is 18.5. The molecule has 0 fully saturated rings. The lowest BCUT2D eigenvalue weighted by Gasteiger charge is -2.18. The first-order chi connectivity index (χ1) is 7.63. The number of H-pyrrole nitrogens is 1. The predicted molar refractivity (Wildman–Crippen MR) is 63.9 cm³/mol. The van der Waals surface area contributed by atoms with E-state index in [0.29, 0.717) is 12.8 Å². The van der Waals surface area contributed by atoms with E-state index in [0.717, 1.165) is 17.7 Å². The van der Waals surface area contributed by atoms with Crippen molar-refractivity contribution in [1.29, 1.82) is 0 Å². The van der Waals surface area contributed by atoms with Crippen LogP contribution in [0.1, 0.15) is 32.4 Å². The number of aromatic amines is 1. The minimum atomic E-state index is -0.0144. The molecule has 0 saturated heterocycles. The third kappa shape index (κ3) is 3.88. The van der Waals surface area contributed by atoms with Crippen molar-refractivity contribution < 1.29 is 4.79 Å². The molecule has 1 rings (SSSR count). The summed E-state index contributed by atoms with van der Waals surface area (Å²) in [6.45, 7) is 7.81. The first-order valence-corrected chi connectivity index (χ1v) is 5.55. The fraction of sp³-hybridized carbons (Fsp3) is 0.500.